The van der Waals surface area contributed by atoms with E-state index in [0.29, 0.717) is 11.5 Å². The van der Waals surface area contributed by atoms with Gasteiger partial charge in [-0.1, -0.05) is 15.9 Å². The highest BCUT2D eigenvalue weighted by Crippen LogP contribution is 2.23. The van der Waals surface area contributed by atoms with Gasteiger partial charge in [0.05, 0.1) is 0 Å². The van der Waals surface area contributed by atoms with Crippen LogP contribution in [0.25, 0.3) is 0 Å². The quantitative estimate of drug-likeness (QED) is 0.671. The Bertz CT molecular complexity index is 561. The number of carbonyl (C=O) groups excluding carboxylic acids is 1. The molecule has 0 aliphatic carbocycles. The molecule has 2 aromatic carbocycles. The lowest BCUT2D eigenvalue weighted by molar-refractivity contribution is -0.0195. The standard InChI is InChI=1S/C14H11BrO4/c15-10-3-7-12(8-4-10)19-11-5-1-9(2-6-11)13(16)14(17)18/h1-8,14,17-18H. The molecule has 4 nitrogen and oxygen atoms in total. The molecule has 5 heteroatoms. The molecule has 0 aliphatic heterocycles. The summed E-state index contributed by atoms with van der Waals surface area (Å²) in [4.78, 5) is 11.3. The molecule has 0 heterocycles. The number of hydrogen-bond donors (Lipinski definition) is 2. The first kappa shape index (κ1) is 13.7. The van der Waals surface area contributed by atoms with Gasteiger partial charge >= 0.3 is 0 Å². The molecule has 2 N–H and O–H groups in total. The molecule has 0 unspecified atom stereocenters. The summed E-state index contributed by atoms with van der Waals surface area (Å²) >= 11 is 3.33. The maximum Gasteiger partial charge on any atom is 0.218 e. The van der Waals surface area contributed by atoms with Gasteiger partial charge in [-0.25, -0.2) is 0 Å². The molecule has 2 aromatic rings. The van der Waals surface area contributed by atoms with E-state index in [4.69, 9.17) is 14.9 Å². The smallest absolute Gasteiger partial charge is 0.218 e. The van der Waals surface area contributed by atoms with E-state index in [-0.39, 0.29) is 5.56 Å². The average molecular weight is 323 g/mol. The molecule has 0 saturated carbocycles. The zero-order valence-electron chi connectivity index (χ0n) is 9.79. The van der Waals surface area contributed by atoms with Gasteiger partial charge < -0.3 is 14.9 Å². The van der Waals surface area contributed by atoms with Gasteiger partial charge in [-0.05, 0) is 48.5 Å². The number of ether oxygens (including phenoxy) is 1. The second-order valence-corrected chi connectivity index (χ2v) is 4.73. The minimum Gasteiger partial charge on any atom is -0.457 e. The van der Waals surface area contributed by atoms with Crippen LogP contribution in [0.15, 0.2) is 53.0 Å². The predicted octanol–water partition coefficient (Wildman–Crippen LogP) is 2.73. The SMILES string of the molecule is O=C(c1ccc(Oc2ccc(Br)cc2)cc1)C(O)O. The van der Waals surface area contributed by atoms with Gasteiger partial charge in [0, 0.05) is 10.0 Å². The Morgan fingerprint density at radius 2 is 1.42 bits per heavy atom. The summed E-state index contributed by atoms with van der Waals surface area (Å²) in [6, 6.07) is 13.5. The molecule has 0 spiro atoms. The second kappa shape index (κ2) is 5.97. The summed E-state index contributed by atoms with van der Waals surface area (Å²) in [6.45, 7) is 0. The molecule has 0 aromatic heterocycles. The van der Waals surface area contributed by atoms with Crippen LogP contribution in [0.4, 0.5) is 0 Å². The van der Waals surface area contributed by atoms with Crippen LogP contribution < -0.4 is 4.74 Å². The van der Waals surface area contributed by atoms with Crippen molar-refractivity contribution in [2.45, 2.75) is 6.29 Å². The molecule has 0 saturated heterocycles. The summed E-state index contributed by atoms with van der Waals surface area (Å²) in [5.74, 6) is 0.492. The predicted molar refractivity (Wildman–Crippen MR) is 73.2 cm³/mol. The normalized spacial score (nSPS) is 10.5. The molecular weight excluding hydrogens is 312 g/mol. The van der Waals surface area contributed by atoms with Crippen molar-refractivity contribution in [3.05, 3.63) is 58.6 Å². The van der Waals surface area contributed by atoms with Gasteiger partial charge in [0.25, 0.3) is 0 Å². The van der Waals surface area contributed by atoms with Gasteiger partial charge in [0.15, 0.2) is 0 Å². The minimum absolute atomic E-state index is 0.221. The topological polar surface area (TPSA) is 66.8 Å². The molecule has 19 heavy (non-hydrogen) atoms. The van der Waals surface area contributed by atoms with E-state index in [1.165, 1.54) is 12.1 Å². The number of aliphatic hydroxyl groups is 2. The van der Waals surface area contributed by atoms with E-state index in [9.17, 15) is 4.79 Å². The van der Waals surface area contributed by atoms with Crippen molar-refractivity contribution in [3.8, 4) is 11.5 Å². The monoisotopic (exact) mass is 322 g/mol. The van der Waals surface area contributed by atoms with Crippen molar-refractivity contribution in [2.24, 2.45) is 0 Å². The summed E-state index contributed by atoms with van der Waals surface area (Å²) in [6.07, 6.45) is -1.99. The number of rotatable bonds is 4. The van der Waals surface area contributed by atoms with E-state index in [1.807, 2.05) is 12.1 Å². The second-order valence-electron chi connectivity index (χ2n) is 3.82. The van der Waals surface area contributed by atoms with Crippen molar-refractivity contribution in [1.82, 2.24) is 0 Å². The Morgan fingerprint density at radius 1 is 0.947 bits per heavy atom. The fourth-order valence-electron chi connectivity index (χ4n) is 1.48. The lowest BCUT2D eigenvalue weighted by atomic mass is 10.1. The van der Waals surface area contributed by atoms with E-state index in [1.54, 1.807) is 24.3 Å². The fraction of sp³-hybridized carbons (Fsp3) is 0.0714. The van der Waals surface area contributed by atoms with Crippen molar-refractivity contribution >= 4 is 21.7 Å². The van der Waals surface area contributed by atoms with Crippen molar-refractivity contribution < 1.29 is 19.7 Å². The van der Waals surface area contributed by atoms with Gasteiger partial charge in [0.1, 0.15) is 11.5 Å². The lowest BCUT2D eigenvalue weighted by Gasteiger charge is -2.07. The Labute approximate surface area is 118 Å². The number of hydrogen-bond acceptors (Lipinski definition) is 4. The maximum absolute atomic E-state index is 11.3. The Morgan fingerprint density at radius 3 is 1.89 bits per heavy atom. The number of ketones is 1. The van der Waals surface area contributed by atoms with Crippen LogP contribution in [0.3, 0.4) is 0 Å². The average Bonchev–Trinajstić information content (AvgIpc) is 2.41. The summed E-state index contributed by atoms with van der Waals surface area (Å²) in [5, 5.41) is 17.6. The first-order valence-electron chi connectivity index (χ1n) is 5.50. The fourth-order valence-corrected chi connectivity index (χ4v) is 1.74. The van der Waals surface area contributed by atoms with Crippen LogP contribution in [0, 0.1) is 0 Å². The molecule has 0 amide bonds. The zero-order chi connectivity index (χ0) is 13.8. The first-order chi connectivity index (χ1) is 9.06. The molecular formula is C14H11BrO4. The number of halogens is 1. The van der Waals surface area contributed by atoms with E-state index < -0.39 is 12.1 Å². The van der Waals surface area contributed by atoms with Gasteiger partial charge in [-0.2, -0.15) is 0 Å². The summed E-state index contributed by atoms with van der Waals surface area (Å²) < 4.78 is 6.53. The van der Waals surface area contributed by atoms with Crippen LogP contribution in [-0.4, -0.2) is 22.3 Å². The Hall–Kier alpha value is -1.69. The van der Waals surface area contributed by atoms with Gasteiger partial charge in [-0.3, -0.25) is 4.79 Å². The van der Waals surface area contributed by atoms with Gasteiger partial charge in [-0.15, -0.1) is 0 Å². The van der Waals surface area contributed by atoms with Crippen molar-refractivity contribution in [3.63, 3.8) is 0 Å². The van der Waals surface area contributed by atoms with Crippen LogP contribution in [0.5, 0.6) is 11.5 Å². The van der Waals surface area contributed by atoms with Crippen molar-refractivity contribution in [2.75, 3.05) is 0 Å². The van der Waals surface area contributed by atoms with Crippen LogP contribution >= 0.6 is 15.9 Å². The van der Waals surface area contributed by atoms with Crippen LogP contribution in [-0.2, 0) is 0 Å². The summed E-state index contributed by atoms with van der Waals surface area (Å²) in [5.41, 5.74) is 0.221. The molecule has 0 bridgehead atoms. The third kappa shape index (κ3) is 3.64. The maximum atomic E-state index is 11.3. The molecule has 98 valence electrons. The third-order valence-corrected chi connectivity index (χ3v) is 2.95. The van der Waals surface area contributed by atoms with Crippen molar-refractivity contribution in [1.29, 1.82) is 0 Å². The zero-order valence-corrected chi connectivity index (χ0v) is 11.4. The first-order valence-corrected chi connectivity index (χ1v) is 6.29. The van der Waals surface area contributed by atoms with Gasteiger partial charge in [0.2, 0.25) is 12.1 Å². The van der Waals surface area contributed by atoms with E-state index >= 15 is 0 Å². The number of Topliss-reactive ketones (excluding diaryl/α,β-unsaturated/α-hetero) is 1. The lowest BCUT2D eigenvalue weighted by Crippen LogP contribution is -2.19. The van der Waals surface area contributed by atoms with Crippen LogP contribution in [0.2, 0.25) is 0 Å². The van der Waals surface area contributed by atoms with E-state index in [0.717, 1.165) is 4.47 Å². The number of carbonyl (C=O) groups is 1. The number of aliphatic hydroxyl groups excluding tert-OH is 1. The minimum atomic E-state index is -1.99. The highest BCUT2D eigenvalue weighted by molar-refractivity contribution is 9.10. The molecule has 0 atom stereocenters. The van der Waals surface area contributed by atoms with E-state index in [2.05, 4.69) is 15.9 Å². The summed E-state index contributed by atoms with van der Waals surface area (Å²) in [7, 11) is 0. The molecule has 0 aliphatic rings. The molecule has 0 fully saturated rings. The highest BCUT2D eigenvalue weighted by Gasteiger charge is 2.13. The Balaban J connectivity index is 2.10. The largest absolute Gasteiger partial charge is 0.457 e. The molecule has 2 rings (SSSR count). The number of benzene rings is 2. The highest BCUT2D eigenvalue weighted by atomic mass is 79.9. The van der Waals surface area contributed by atoms with Crippen LogP contribution in [0.1, 0.15) is 10.4 Å². The Kier molecular flexibility index (Phi) is 4.31. The third-order valence-electron chi connectivity index (χ3n) is 2.42. The molecule has 0 radical (unpaired) electrons.